The topological polar surface area (TPSA) is 42.2 Å². The Labute approximate surface area is 93.9 Å². The van der Waals surface area contributed by atoms with Crippen molar-refractivity contribution in [3.63, 3.8) is 0 Å². The van der Waals surface area contributed by atoms with Crippen molar-refractivity contribution in [2.75, 3.05) is 13.6 Å². The van der Waals surface area contributed by atoms with Gasteiger partial charge in [0.1, 0.15) is 0 Å². The Morgan fingerprint density at radius 3 is 3.00 bits per heavy atom. The summed E-state index contributed by atoms with van der Waals surface area (Å²) in [5.74, 6) is 0.267. The number of rotatable bonds is 5. The third kappa shape index (κ3) is 3.69. The van der Waals surface area contributed by atoms with Crippen molar-refractivity contribution in [2.45, 2.75) is 13.5 Å². The molecule has 2 N–H and O–H groups in total. The lowest BCUT2D eigenvalue weighted by atomic mass is 10.2. The second kappa shape index (κ2) is 5.38. The van der Waals surface area contributed by atoms with Crippen LogP contribution >= 0.6 is 23.6 Å². The first-order valence-electron chi connectivity index (χ1n) is 4.45. The van der Waals surface area contributed by atoms with Crippen LogP contribution in [0.2, 0.25) is 0 Å². The van der Waals surface area contributed by atoms with Crippen molar-refractivity contribution in [3.8, 4) is 0 Å². The standard InChI is InChI=1S/C9H15N3S2/c1-7(9(10)13)4-12(2)5-8-3-11-6-14-8/h3,6-7H,4-5H2,1-2H3,(H2,10,13). The number of aromatic nitrogens is 1. The van der Waals surface area contributed by atoms with E-state index in [0.717, 1.165) is 13.1 Å². The molecule has 0 fully saturated rings. The van der Waals surface area contributed by atoms with E-state index in [0.29, 0.717) is 4.99 Å². The summed E-state index contributed by atoms with van der Waals surface area (Å²) in [5.41, 5.74) is 7.40. The molecule has 14 heavy (non-hydrogen) atoms. The summed E-state index contributed by atoms with van der Waals surface area (Å²) in [7, 11) is 2.06. The SMILES string of the molecule is CC(CN(C)Cc1cncs1)C(N)=S. The fourth-order valence-corrected chi connectivity index (χ4v) is 1.96. The maximum absolute atomic E-state index is 5.55. The monoisotopic (exact) mass is 229 g/mol. The molecule has 0 aliphatic carbocycles. The molecular weight excluding hydrogens is 214 g/mol. The van der Waals surface area contributed by atoms with Crippen LogP contribution in [-0.4, -0.2) is 28.5 Å². The lowest BCUT2D eigenvalue weighted by Crippen LogP contribution is -2.30. The van der Waals surface area contributed by atoms with Gasteiger partial charge >= 0.3 is 0 Å². The Morgan fingerprint density at radius 1 is 1.79 bits per heavy atom. The van der Waals surface area contributed by atoms with Crippen LogP contribution in [0.15, 0.2) is 11.7 Å². The molecule has 1 unspecified atom stereocenters. The van der Waals surface area contributed by atoms with Crippen LogP contribution in [-0.2, 0) is 6.54 Å². The molecule has 0 spiro atoms. The van der Waals surface area contributed by atoms with E-state index in [1.807, 2.05) is 18.6 Å². The Kier molecular flexibility index (Phi) is 4.44. The number of hydrogen-bond acceptors (Lipinski definition) is 4. The molecule has 0 radical (unpaired) electrons. The van der Waals surface area contributed by atoms with E-state index in [4.69, 9.17) is 18.0 Å². The molecule has 3 nitrogen and oxygen atoms in total. The summed E-state index contributed by atoms with van der Waals surface area (Å²) in [5, 5.41) is 0. The average Bonchev–Trinajstić information content (AvgIpc) is 2.56. The molecule has 1 heterocycles. The minimum atomic E-state index is 0.267. The fraction of sp³-hybridized carbons (Fsp3) is 0.556. The van der Waals surface area contributed by atoms with Gasteiger partial charge in [0.2, 0.25) is 0 Å². The third-order valence-electron chi connectivity index (χ3n) is 1.98. The molecule has 0 amide bonds. The van der Waals surface area contributed by atoms with Gasteiger partial charge in [-0.1, -0.05) is 19.1 Å². The van der Waals surface area contributed by atoms with E-state index in [1.54, 1.807) is 11.3 Å². The first kappa shape index (κ1) is 11.6. The van der Waals surface area contributed by atoms with E-state index in [9.17, 15) is 0 Å². The first-order chi connectivity index (χ1) is 6.59. The minimum absolute atomic E-state index is 0.267. The van der Waals surface area contributed by atoms with Crippen molar-refractivity contribution in [1.82, 2.24) is 9.88 Å². The predicted molar refractivity (Wildman–Crippen MR) is 64.4 cm³/mol. The highest BCUT2D eigenvalue weighted by Gasteiger charge is 2.09. The van der Waals surface area contributed by atoms with Crippen LogP contribution in [0.1, 0.15) is 11.8 Å². The molecular formula is C9H15N3S2. The number of thiazole rings is 1. The normalized spacial score (nSPS) is 13.1. The number of hydrogen-bond donors (Lipinski definition) is 1. The highest BCUT2D eigenvalue weighted by molar-refractivity contribution is 7.80. The van der Waals surface area contributed by atoms with Crippen LogP contribution in [0.5, 0.6) is 0 Å². The van der Waals surface area contributed by atoms with Gasteiger partial charge in [-0.2, -0.15) is 0 Å². The molecule has 1 atom stereocenters. The van der Waals surface area contributed by atoms with Gasteiger partial charge in [0.15, 0.2) is 0 Å². The summed E-state index contributed by atoms with van der Waals surface area (Å²) in [6.45, 7) is 3.86. The quantitative estimate of drug-likeness (QED) is 0.777. The summed E-state index contributed by atoms with van der Waals surface area (Å²) < 4.78 is 0. The predicted octanol–water partition coefficient (Wildman–Crippen LogP) is 1.50. The highest BCUT2D eigenvalue weighted by atomic mass is 32.1. The Balaban J connectivity index is 2.36. The molecule has 0 saturated carbocycles. The Morgan fingerprint density at radius 2 is 2.50 bits per heavy atom. The molecule has 1 aromatic rings. The smallest absolute Gasteiger partial charge is 0.0794 e. The summed E-state index contributed by atoms with van der Waals surface area (Å²) in [6.07, 6.45) is 1.90. The Bertz CT molecular complexity index is 284. The van der Waals surface area contributed by atoms with E-state index in [-0.39, 0.29) is 5.92 Å². The van der Waals surface area contributed by atoms with Crippen LogP contribution < -0.4 is 5.73 Å². The average molecular weight is 229 g/mol. The van der Waals surface area contributed by atoms with Gasteiger partial charge in [-0.15, -0.1) is 11.3 Å². The molecule has 5 heteroatoms. The molecule has 1 aromatic heterocycles. The maximum Gasteiger partial charge on any atom is 0.0794 e. The van der Waals surface area contributed by atoms with Gasteiger partial charge in [-0.25, -0.2) is 0 Å². The van der Waals surface area contributed by atoms with Gasteiger partial charge in [0, 0.05) is 30.1 Å². The van der Waals surface area contributed by atoms with Gasteiger partial charge in [-0.3, -0.25) is 4.98 Å². The molecule has 0 aromatic carbocycles. The first-order valence-corrected chi connectivity index (χ1v) is 5.73. The third-order valence-corrected chi connectivity index (χ3v) is 3.15. The Hall–Kier alpha value is -0.520. The largest absolute Gasteiger partial charge is 0.393 e. The fourth-order valence-electron chi connectivity index (χ4n) is 1.21. The summed E-state index contributed by atoms with van der Waals surface area (Å²) >= 11 is 6.60. The molecule has 0 aliphatic rings. The van der Waals surface area contributed by atoms with E-state index >= 15 is 0 Å². The van der Waals surface area contributed by atoms with Gasteiger partial charge in [0.05, 0.1) is 10.5 Å². The second-order valence-corrected chi connectivity index (χ2v) is 4.91. The van der Waals surface area contributed by atoms with Crippen molar-refractivity contribution >= 4 is 28.5 Å². The minimum Gasteiger partial charge on any atom is -0.393 e. The lowest BCUT2D eigenvalue weighted by molar-refractivity contribution is 0.310. The highest BCUT2D eigenvalue weighted by Crippen LogP contribution is 2.09. The number of thiocarbonyl (C=S) groups is 1. The van der Waals surface area contributed by atoms with E-state index in [2.05, 4.69) is 16.9 Å². The molecule has 1 rings (SSSR count). The summed E-state index contributed by atoms with van der Waals surface area (Å²) in [4.78, 5) is 8.09. The van der Waals surface area contributed by atoms with Crippen LogP contribution in [0.3, 0.4) is 0 Å². The second-order valence-electron chi connectivity index (χ2n) is 3.47. The van der Waals surface area contributed by atoms with Crippen molar-refractivity contribution in [2.24, 2.45) is 11.7 Å². The lowest BCUT2D eigenvalue weighted by Gasteiger charge is -2.19. The van der Waals surface area contributed by atoms with E-state index in [1.165, 1.54) is 4.88 Å². The molecule has 78 valence electrons. The number of nitrogens with zero attached hydrogens (tertiary/aromatic N) is 2. The van der Waals surface area contributed by atoms with Crippen LogP contribution in [0.25, 0.3) is 0 Å². The van der Waals surface area contributed by atoms with Crippen LogP contribution in [0, 0.1) is 5.92 Å². The van der Waals surface area contributed by atoms with E-state index < -0.39 is 0 Å². The molecule has 0 bridgehead atoms. The zero-order chi connectivity index (χ0) is 10.6. The van der Waals surface area contributed by atoms with Gasteiger partial charge in [0.25, 0.3) is 0 Å². The number of nitrogens with two attached hydrogens (primary N) is 1. The van der Waals surface area contributed by atoms with Crippen LogP contribution in [0.4, 0.5) is 0 Å². The van der Waals surface area contributed by atoms with Crippen molar-refractivity contribution < 1.29 is 0 Å². The van der Waals surface area contributed by atoms with Crippen molar-refractivity contribution in [1.29, 1.82) is 0 Å². The summed E-state index contributed by atoms with van der Waals surface area (Å²) in [6, 6.07) is 0. The van der Waals surface area contributed by atoms with Crippen molar-refractivity contribution in [3.05, 3.63) is 16.6 Å². The maximum atomic E-state index is 5.55. The van der Waals surface area contributed by atoms with Gasteiger partial charge < -0.3 is 10.6 Å². The zero-order valence-corrected chi connectivity index (χ0v) is 10.1. The van der Waals surface area contributed by atoms with Gasteiger partial charge in [-0.05, 0) is 7.05 Å². The molecule has 0 saturated heterocycles. The zero-order valence-electron chi connectivity index (χ0n) is 8.43. The molecule has 0 aliphatic heterocycles.